The maximum atomic E-state index is 11.8. The van der Waals surface area contributed by atoms with Gasteiger partial charge in [0, 0.05) is 12.1 Å². The van der Waals surface area contributed by atoms with Crippen molar-refractivity contribution in [1.82, 2.24) is 9.38 Å². The van der Waals surface area contributed by atoms with Gasteiger partial charge < -0.3 is 9.14 Å². The summed E-state index contributed by atoms with van der Waals surface area (Å²) in [5, 5.41) is 0. The first-order valence-electron chi connectivity index (χ1n) is 7.47. The number of allylic oxidation sites excluding steroid dienone is 4. The van der Waals surface area contributed by atoms with Crippen LogP contribution in [0.5, 0.6) is 0 Å². The second-order valence-corrected chi connectivity index (χ2v) is 5.78. The summed E-state index contributed by atoms with van der Waals surface area (Å²) >= 11 is 0. The zero-order valence-corrected chi connectivity index (χ0v) is 13.2. The Hall–Kier alpha value is -2.36. The van der Waals surface area contributed by atoms with Crippen LogP contribution >= 0.6 is 0 Å². The van der Waals surface area contributed by atoms with Gasteiger partial charge in [-0.05, 0) is 31.9 Å². The minimum Gasteiger partial charge on any atom is -0.469 e. The van der Waals surface area contributed by atoms with Gasteiger partial charge in [0.25, 0.3) is 0 Å². The van der Waals surface area contributed by atoms with E-state index in [0.29, 0.717) is 0 Å². The van der Waals surface area contributed by atoms with Crippen LogP contribution in [0.3, 0.4) is 0 Å². The topological polar surface area (TPSA) is 43.6 Å². The zero-order valence-electron chi connectivity index (χ0n) is 13.2. The standard InChI is InChI=1S/C18H20N2O2/c1-12-4-7-14(8-5-12)18-15(10-17(21)22-3)20-11-13(2)6-9-16(20)19-18/h4-7,9,11,14H,8,10H2,1-3H3. The number of carbonyl (C=O) groups excluding carboxylic acids is 1. The second-order valence-electron chi connectivity index (χ2n) is 5.78. The van der Waals surface area contributed by atoms with E-state index in [2.05, 4.69) is 25.2 Å². The summed E-state index contributed by atoms with van der Waals surface area (Å²) in [6, 6.07) is 4.03. The molecule has 1 aliphatic carbocycles. The number of carbonyl (C=O) groups is 1. The average Bonchev–Trinajstić information content (AvgIpc) is 2.86. The first-order valence-corrected chi connectivity index (χ1v) is 7.47. The number of hydrogen-bond donors (Lipinski definition) is 0. The van der Waals surface area contributed by atoms with Crippen molar-refractivity contribution in [2.24, 2.45) is 0 Å². The van der Waals surface area contributed by atoms with Crippen molar-refractivity contribution >= 4 is 11.6 Å². The van der Waals surface area contributed by atoms with Crippen LogP contribution in [0.1, 0.15) is 36.2 Å². The Kier molecular flexibility index (Phi) is 3.84. The van der Waals surface area contributed by atoms with Gasteiger partial charge in [-0.15, -0.1) is 0 Å². The highest BCUT2D eigenvalue weighted by Crippen LogP contribution is 2.30. The Morgan fingerprint density at radius 3 is 2.91 bits per heavy atom. The molecule has 1 aliphatic rings. The van der Waals surface area contributed by atoms with Crippen molar-refractivity contribution in [1.29, 1.82) is 0 Å². The number of fused-ring (bicyclic) bond motifs is 1. The maximum Gasteiger partial charge on any atom is 0.311 e. The van der Waals surface area contributed by atoms with Crippen molar-refractivity contribution < 1.29 is 9.53 Å². The summed E-state index contributed by atoms with van der Waals surface area (Å²) in [6.45, 7) is 4.13. The molecular weight excluding hydrogens is 276 g/mol. The molecule has 114 valence electrons. The predicted molar refractivity (Wildman–Crippen MR) is 85.9 cm³/mol. The molecule has 1 atom stereocenters. The number of ether oxygens (including phenoxy) is 1. The smallest absolute Gasteiger partial charge is 0.311 e. The fraction of sp³-hybridized carbons (Fsp3) is 0.333. The minimum atomic E-state index is -0.240. The first-order chi connectivity index (χ1) is 10.6. The number of aromatic nitrogens is 2. The molecule has 0 aromatic carbocycles. The van der Waals surface area contributed by atoms with Crippen LogP contribution in [0.4, 0.5) is 0 Å². The summed E-state index contributed by atoms with van der Waals surface area (Å²) in [4.78, 5) is 16.6. The lowest BCUT2D eigenvalue weighted by molar-refractivity contribution is -0.139. The molecule has 0 N–H and O–H groups in total. The Labute approximate surface area is 130 Å². The van der Waals surface area contributed by atoms with Gasteiger partial charge in [0.1, 0.15) is 5.65 Å². The molecule has 1 unspecified atom stereocenters. The highest BCUT2D eigenvalue weighted by Gasteiger charge is 2.22. The molecule has 0 saturated carbocycles. The lowest BCUT2D eigenvalue weighted by Gasteiger charge is -2.14. The quantitative estimate of drug-likeness (QED) is 0.816. The van der Waals surface area contributed by atoms with E-state index in [4.69, 9.17) is 9.72 Å². The van der Waals surface area contributed by atoms with Crippen LogP contribution < -0.4 is 0 Å². The highest BCUT2D eigenvalue weighted by atomic mass is 16.5. The first kappa shape index (κ1) is 14.6. The molecule has 2 heterocycles. The van der Waals surface area contributed by atoms with Crippen molar-refractivity contribution in [2.45, 2.75) is 32.6 Å². The Morgan fingerprint density at radius 2 is 2.23 bits per heavy atom. The predicted octanol–water partition coefficient (Wildman–Crippen LogP) is 3.35. The number of pyridine rings is 1. The molecule has 0 radical (unpaired) electrons. The second kappa shape index (κ2) is 5.79. The van der Waals surface area contributed by atoms with Crippen LogP contribution in [0.2, 0.25) is 0 Å². The number of nitrogens with zero attached hydrogens (tertiary/aromatic N) is 2. The van der Waals surface area contributed by atoms with Crippen molar-refractivity contribution in [3.8, 4) is 0 Å². The largest absolute Gasteiger partial charge is 0.469 e. The van der Waals surface area contributed by atoms with Gasteiger partial charge in [-0.2, -0.15) is 0 Å². The van der Waals surface area contributed by atoms with Crippen LogP contribution in [0.25, 0.3) is 5.65 Å². The number of rotatable bonds is 3. The van der Waals surface area contributed by atoms with Gasteiger partial charge in [0.2, 0.25) is 0 Å². The van der Waals surface area contributed by atoms with Gasteiger partial charge in [0.05, 0.1) is 24.9 Å². The number of imidazole rings is 1. The van der Waals surface area contributed by atoms with Crippen LogP contribution in [0.15, 0.2) is 42.1 Å². The lowest BCUT2D eigenvalue weighted by Crippen LogP contribution is -2.11. The van der Waals surface area contributed by atoms with E-state index in [9.17, 15) is 4.79 Å². The molecule has 0 amide bonds. The summed E-state index contributed by atoms with van der Waals surface area (Å²) in [5.74, 6) is -0.0281. The van der Waals surface area contributed by atoms with Gasteiger partial charge in [-0.1, -0.05) is 29.9 Å². The maximum absolute atomic E-state index is 11.8. The Morgan fingerprint density at radius 1 is 1.41 bits per heavy atom. The monoisotopic (exact) mass is 296 g/mol. The number of hydrogen-bond acceptors (Lipinski definition) is 3. The number of esters is 1. The molecular formula is C18H20N2O2. The van der Waals surface area contributed by atoms with E-state index in [1.807, 2.05) is 29.7 Å². The molecule has 0 fully saturated rings. The molecule has 22 heavy (non-hydrogen) atoms. The number of aryl methyl sites for hydroxylation is 1. The fourth-order valence-electron chi connectivity index (χ4n) is 2.83. The zero-order chi connectivity index (χ0) is 15.7. The fourth-order valence-corrected chi connectivity index (χ4v) is 2.83. The van der Waals surface area contributed by atoms with Crippen molar-refractivity contribution in [3.63, 3.8) is 0 Å². The molecule has 2 aromatic heterocycles. The van der Waals surface area contributed by atoms with Gasteiger partial charge >= 0.3 is 5.97 Å². The molecule has 0 spiro atoms. The molecule has 0 saturated heterocycles. The molecule has 2 aromatic rings. The normalized spacial score (nSPS) is 17.6. The average molecular weight is 296 g/mol. The summed E-state index contributed by atoms with van der Waals surface area (Å²) in [6.07, 6.45) is 9.68. The minimum absolute atomic E-state index is 0.212. The number of methoxy groups -OCH3 is 1. The molecule has 4 heteroatoms. The van der Waals surface area contributed by atoms with Crippen LogP contribution in [-0.2, 0) is 16.0 Å². The molecule has 0 bridgehead atoms. The van der Waals surface area contributed by atoms with E-state index < -0.39 is 0 Å². The third-order valence-electron chi connectivity index (χ3n) is 4.07. The Balaban J connectivity index is 2.10. The third-order valence-corrected chi connectivity index (χ3v) is 4.07. The van der Waals surface area contributed by atoms with Crippen molar-refractivity contribution in [2.75, 3.05) is 7.11 Å². The van der Waals surface area contributed by atoms with E-state index in [-0.39, 0.29) is 18.3 Å². The third kappa shape index (κ3) is 2.69. The molecule has 0 aliphatic heterocycles. The van der Waals surface area contributed by atoms with E-state index in [0.717, 1.165) is 29.0 Å². The SMILES string of the molecule is COC(=O)Cc1c(C2C=CC(C)=CC2)nc2ccc(C)cn12. The van der Waals surface area contributed by atoms with Crippen LogP contribution in [0, 0.1) is 6.92 Å². The van der Waals surface area contributed by atoms with Gasteiger partial charge in [-0.3, -0.25) is 4.79 Å². The van der Waals surface area contributed by atoms with E-state index in [1.165, 1.54) is 12.7 Å². The Bertz CT molecular complexity index is 784. The van der Waals surface area contributed by atoms with E-state index in [1.54, 1.807) is 0 Å². The van der Waals surface area contributed by atoms with Crippen LogP contribution in [-0.4, -0.2) is 22.5 Å². The molecule has 4 nitrogen and oxygen atoms in total. The summed E-state index contributed by atoms with van der Waals surface area (Å²) < 4.78 is 6.87. The van der Waals surface area contributed by atoms with Gasteiger partial charge in [-0.25, -0.2) is 4.98 Å². The van der Waals surface area contributed by atoms with Crippen molar-refractivity contribution in [3.05, 3.63) is 59.1 Å². The molecule has 3 rings (SSSR count). The summed E-state index contributed by atoms with van der Waals surface area (Å²) in [7, 11) is 1.42. The summed E-state index contributed by atoms with van der Waals surface area (Å²) in [5.41, 5.74) is 5.17. The van der Waals surface area contributed by atoms with E-state index >= 15 is 0 Å². The lowest BCUT2D eigenvalue weighted by atomic mass is 9.93. The van der Waals surface area contributed by atoms with Gasteiger partial charge in [0.15, 0.2) is 0 Å². The highest BCUT2D eigenvalue weighted by molar-refractivity contribution is 5.73.